The normalized spacial score (nSPS) is 20.4. The molecule has 2 aliphatic rings. The topological polar surface area (TPSA) is 74.1 Å². The van der Waals surface area contributed by atoms with Gasteiger partial charge in [0.1, 0.15) is 17.6 Å². The number of nitrogens with zero attached hydrogens (tertiary/aromatic N) is 4. The molecule has 2 aliphatic heterocycles. The molecule has 5 rings (SSSR count). The predicted molar refractivity (Wildman–Crippen MR) is 97.5 cm³/mol. The molecule has 5 heterocycles. The second kappa shape index (κ2) is 5.56. The summed E-state index contributed by atoms with van der Waals surface area (Å²) < 4.78 is 13.1. The van der Waals surface area contributed by atoms with Crippen LogP contribution in [0.1, 0.15) is 12.8 Å². The first kappa shape index (κ1) is 14.9. The number of H-pyrrole nitrogens is 1. The number of hydrogen-bond acceptors (Lipinski definition) is 5. The number of aromatic nitrogens is 3. The van der Waals surface area contributed by atoms with Gasteiger partial charge in [-0.1, -0.05) is 0 Å². The molecule has 7 heteroatoms. The Morgan fingerprint density at radius 3 is 2.76 bits per heavy atom. The summed E-state index contributed by atoms with van der Waals surface area (Å²) in [5.74, 6) is 0.559. The van der Waals surface area contributed by atoms with Crippen molar-refractivity contribution in [2.75, 3.05) is 36.8 Å². The molecule has 130 valence electrons. The summed E-state index contributed by atoms with van der Waals surface area (Å²) >= 11 is 0. The third kappa shape index (κ3) is 2.33. The van der Waals surface area contributed by atoms with Crippen LogP contribution in [0.15, 0.2) is 24.5 Å². The van der Waals surface area contributed by atoms with Gasteiger partial charge in [0, 0.05) is 49.2 Å². The molecule has 0 aliphatic carbocycles. The summed E-state index contributed by atoms with van der Waals surface area (Å²) in [4.78, 5) is 16.7. The average molecular weight is 340 g/mol. The van der Waals surface area contributed by atoms with Gasteiger partial charge in [-0.2, -0.15) is 0 Å². The van der Waals surface area contributed by atoms with E-state index in [1.165, 1.54) is 0 Å². The van der Waals surface area contributed by atoms with Crippen LogP contribution in [0.4, 0.5) is 15.9 Å². The van der Waals surface area contributed by atoms with Crippen molar-refractivity contribution in [1.82, 2.24) is 19.9 Å². The standard InChI is InChI=1S/C18H21FN6/c19-11-9-25(10-11)12-3-6-24(7-4-12)16-15-13-2-1-5-21-18(13)23-14(15)8-22-17(16)20/h1-2,5,8,11-12H,3-4,6-7,9-10H2,(H2,20,22)(H,21,23). The number of aromatic amines is 1. The fourth-order valence-electron chi connectivity index (χ4n) is 4.25. The van der Waals surface area contributed by atoms with Gasteiger partial charge in [0.05, 0.1) is 17.4 Å². The highest BCUT2D eigenvalue weighted by molar-refractivity contribution is 6.14. The van der Waals surface area contributed by atoms with Crippen LogP contribution in [0.3, 0.4) is 0 Å². The summed E-state index contributed by atoms with van der Waals surface area (Å²) in [7, 11) is 0. The van der Waals surface area contributed by atoms with Gasteiger partial charge in [-0.05, 0) is 25.0 Å². The monoisotopic (exact) mass is 340 g/mol. The maximum absolute atomic E-state index is 13.1. The first-order chi connectivity index (χ1) is 12.2. The lowest BCUT2D eigenvalue weighted by molar-refractivity contribution is 0.0188. The molecule has 25 heavy (non-hydrogen) atoms. The Hall–Kier alpha value is -2.41. The first-order valence-electron chi connectivity index (χ1n) is 8.84. The number of nitrogen functional groups attached to an aromatic ring is 1. The minimum atomic E-state index is -0.634. The van der Waals surface area contributed by atoms with E-state index in [2.05, 4.69) is 30.8 Å². The van der Waals surface area contributed by atoms with E-state index < -0.39 is 6.17 Å². The SMILES string of the molecule is Nc1ncc2[nH]c3ncccc3c2c1N1CCC(N2CC(F)C2)CC1. The number of pyridine rings is 2. The Kier molecular flexibility index (Phi) is 3.31. The second-order valence-electron chi connectivity index (χ2n) is 7.07. The number of nitrogens with two attached hydrogens (primary N) is 1. The minimum absolute atomic E-state index is 0.487. The van der Waals surface area contributed by atoms with E-state index in [1.807, 2.05) is 6.07 Å². The van der Waals surface area contributed by atoms with Gasteiger partial charge in [-0.25, -0.2) is 14.4 Å². The third-order valence-corrected chi connectivity index (χ3v) is 5.57. The van der Waals surface area contributed by atoms with E-state index in [4.69, 9.17) is 5.73 Å². The number of alkyl halides is 1. The van der Waals surface area contributed by atoms with Gasteiger partial charge in [-0.15, -0.1) is 0 Å². The molecule has 0 amide bonds. The highest BCUT2D eigenvalue weighted by Crippen LogP contribution is 2.37. The number of rotatable bonds is 2. The Labute approximate surface area is 144 Å². The van der Waals surface area contributed by atoms with Gasteiger partial charge in [-0.3, -0.25) is 4.90 Å². The molecule has 6 nitrogen and oxygen atoms in total. The van der Waals surface area contributed by atoms with Crippen molar-refractivity contribution in [3.05, 3.63) is 24.5 Å². The van der Waals surface area contributed by atoms with Gasteiger partial charge >= 0.3 is 0 Å². The van der Waals surface area contributed by atoms with Gasteiger partial charge < -0.3 is 15.6 Å². The third-order valence-electron chi connectivity index (χ3n) is 5.57. The quantitative estimate of drug-likeness (QED) is 0.749. The van der Waals surface area contributed by atoms with Crippen LogP contribution in [0.2, 0.25) is 0 Å². The van der Waals surface area contributed by atoms with E-state index in [1.54, 1.807) is 12.4 Å². The fourth-order valence-corrected chi connectivity index (χ4v) is 4.25. The zero-order valence-electron chi connectivity index (χ0n) is 14.0. The largest absolute Gasteiger partial charge is 0.382 e. The number of anilines is 2. The predicted octanol–water partition coefficient (Wildman–Crippen LogP) is 2.32. The molecule has 3 aromatic heterocycles. The first-order valence-corrected chi connectivity index (χ1v) is 8.84. The molecule has 2 fully saturated rings. The number of halogens is 1. The minimum Gasteiger partial charge on any atom is -0.382 e. The van der Waals surface area contributed by atoms with Crippen molar-refractivity contribution in [3.63, 3.8) is 0 Å². The van der Waals surface area contributed by atoms with Crippen LogP contribution >= 0.6 is 0 Å². The Morgan fingerprint density at radius 1 is 1.20 bits per heavy atom. The molecule has 0 bridgehead atoms. The summed E-state index contributed by atoms with van der Waals surface area (Å²) in [6.45, 7) is 3.02. The van der Waals surface area contributed by atoms with Crippen molar-refractivity contribution in [1.29, 1.82) is 0 Å². The highest BCUT2D eigenvalue weighted by Gasteiger charge is 2.34. The lowest BCUT2D eigenvalue weighted by Gasteiger charge is -2.45. The van der Waals surface area contributed by atoms with Crippen LogP contribution in [-0.2, 0) is 0 Å². The average Bonchev–Trinajstić information content (AvgIpc) is 2.98. The fraction of sp³-hybridized carbons (Fsp3) is 0.444. The Morgan fingerprint density at radius 2 is 2.00 bits per heavy atom. The van der Waals surface area contributed by atoms with E-state index in [9.17, 15) is 4.39 Å². The smallest absolute Gasteiger partial charge is 0.147 e. The van der Waals surface area contributed by atoms with Crippen LogP contribution in [0, 0.1) is 0 Å². The molecule has 0 spiro atoms. The molecule has 0 aromatic carbocycles. The number of piperidine rings is 1. The second-order valence-corrected chi connectivity index (χ2v) is 7.07. The Bertz CT molecular complexity index is 924. The van der Waals surface area contributed by atoms with Crippen LogP contribution in [0.5, 0.6) is 0 Å². The summed E-state index contributed by atoms with van der Waals surface area (Å²) in [5.41, 5.74) is 9.09. The molecule has 2 saturated heterocycles. The lowest BCUT2D eigenvalue weighted by atomic mass is 9.98. The van der Waals surface area contributed by atoms with Crippen molar-refractivity contribution in [2.24, 2.45) is 0 Å². The zero-order valence-corrected chi connectivity index (χ0v) is 14.0. The molecular weight excluding hydrogens is 319 g/mol. The van der Waals surface area contributed by atoms with Crippen LogP contribution in [0.25, 0.3) is 21.9 Å². The molecule has 0 unspecified atom stereocenters. The van der Waals surface area contributed by atoms with Crippen molar-refractivity contribution < 1.29 is 4.39 Å². The number of fused-ring (bicyclic) bond motifs is 3. The zero-order chi connectivity index (χ0) is 17.0. The molecule has 3 aromatic rings. The molecule has 0 radical (unpaired) electrons. The summed E-state index contributed by atoms with van der Waals surface area (Å²) in [6.07, 6.45) is 4.99. The number of hydrogen-bond donors (Lipinski definition) is 2. The molecule has 3 N–H and O–H groups in total. The number of nitrogens with one attached hydrogen (secondary N) is 1. The van der Waals surface area contributed by atoms with Crippen molar-refractivity contribution in [3.8, 4) is 0 Å². The van der Waals surface area contributed by atoms with E-state index in [0.717, 1.165) is 53.6 Å². The van der Waals surface area contributed by atoms with E-state index >= 15 is 0 Å². The summed E-state index contributed by atoms with van der Waals surface area (Å²) in [6, 6.07) is 4.50. The van der Waals surface area contributed by atoms with E-state index in [0.29, 0.717) is 24.9 Å². The number of likely N-dealkylation sites (tertiary alicyclic amines) is 1. The Balaban J connectivity index is 1.49. The van der Waals surface area contributed by atoms with Gasteiger partial charge in [0.2, 0.25) is 0 Å². The molecule has 0 atom stereocenters. The van der Waals surface area contributed by atoms with Crippen molar-refractivity contribution in [2.45, 2.75) is 25.1 Å². The lowest BCUT2D eigenvalue weighted by Crippen LogP contribution is -2.56. The van der Waals surface area contributed by atoms with Gasteiger partial charge in [0.25, 0.3) is 0 Å². The maximum atomic E-state index is 13.1. The van der Waals surface area contributed by atoms with Crippen LogP contribution in [-0.4, -0.2) is 58.2 Å². The summed E-state index contributed by atoms with van der Waals surface area (Å²) in [5, 5.41) is 2.17. The molecule has 0 saturated carbocycles. The maximum Gasteiger partial charge on any atom is 0.147 e. The van der Waals surface area contributed by atoms with Crippen LogP contribution < -0.4 is 10.6 Å². The molecular formula is C18H21FN6. The van der Waals surface area contributed by atoms with E-state index in [-0.39, 0.29) is 0 Å². The van der Waals surface area contributed by atoms with Gasteiger partial charge in [0.15, 0.2) is 0 Å². The highest BCUT2D eigenvalue weighted by atomic mass is 19.1. The van der Waals surface area contributed by atoms with Crippen molar-refractivity contribution >= 4 is 33.4 Å².